The maximum Gasteiger partial charge on any atom is 0.261 e. The van der Waals surface area contributed by atoms with Crippen LogP contribution in [-0.2, 0) is 11.3 Å². The first-order valence-corrected chi connectivity index (χ1v) is 12.9. The van der Waals surface area contributed by atoms with Gasteiger partial charge in [-0.25, -0.2) is 0 Å². The Balaban J connectivity index is 1.27. The lowest BCUT2D eigenvalue weighted by Gasteiger charge is -2.40. The van der Waals surface area contributed by atoms with Gasteiger partial charge in [-0.15, -0.1) is 0 Å². The van der Waals surface area contributed by atoms with Crippen LogP contribution < -0.4 is 10.2 Å². The highest BCUT2D eigenvalue weighted by molar-refractivity contribution is 6.30. The quantitative estimate of drug-likeness (QED) is 0.461. The fourth-order valence-corrected chi connectivity index (χ4v) is 5.14. The number of nitrogens with zero attached hydrogens (tertiary/aromatic N) is 3. The molecule has 1 fully saturated rings. The third kappa shape index (κ3) is 5.53. The molecule has 7 nitrogen and oxygen atoms in total. The fraction of sp³-hybridized carbons (Fsp3) is 0.276. The molecular formula is C29H29ClN4O3. The van der Waals surface area contributed by atoms with E-state index in [-0.39, 0.29) is 24.3 Å². The molecule has 0 aromatic heterocycles. The molecule has 3 aromatic carbocycles. The number of imide groups is 1. The number of piperazine rings is 1. The molecule has 3 aromatic rings. The summed E-state index contributed by atoms with van der Waals surface area (Å²) in [5, 5.41) is 3.69. The molecule has 2 aliphatic rings. The minimum atomic E-state index is -0.463. The number of benzene rings is 3. The van der Waals surface area contributed by atoms with Gasteiger partial charge in [0.2, 0.25) is 5.91 Å². The number of hydrogen-bond acceptors (Lipinski definition) is 5. The van der Waals surface area contributed by atoms with Crippen molar-refractivity contribution >= 4 is 35.0 Å². The Labute approximate surface area is 221 Å². The lowest BCUT2D eigenvalue weighted by molar-refractivity contribution is -0.127. The highest BCUT2D eigenvalue weighted by Gasteiger charge is 2.37. The van der Waals surface area contributed by atoms with Gasteiger partial charge in [0.05, 0.1) is 17.2 Å². The molecular weight excluding hydrogens is 488 g/mol. The first kappa shape index (κ1) is 25.0. The first-order chi connectivity index (χ1) is 18.0. The summed E-state index contributed by atoms with van der Waals surface area (Å²) in [4.78, 5) is 44.9. The van der Waals surface area contributed by atoms with Crippen molar-refractivity contribution in [1.29, 1.82) is 0 Å². The molecule has 1 N–H and O–H groups in total. The molecule has 8 heteroatoms. The van der Waals surface area contributed by atoms with Crippen LogP contribution in [-0.4, -0.2) is 66.3 Å². The zero-order valence-corrected chi connectivity index (χ0v) is 21.2. The van der Waals surface area contributed by atoms with Crippen molar-refractivity contribution in [3.8, 4) is 0 Å². The van der Waals surface area contributed by atoms with Gasteiger partial charge in [-0.2, -0.15) is 0 Å². The van der Waals surface area contributed by atoms with Crippen LogP contribution in [0.4, 0.5) is 5.69 Å². The second kappa shape index (κ2) is 11.2. The number of carbonyl (C=O) groups is 3. The van der Waals surface area contributed by atoms with E-state index in [1.54, 1.807) is 36.4 Å². The lowest BCUT2D eigenvalue weighted by atomic mass is 10.1. The summed E-state index contributed by atoms with van der Waals surface area (Å²) >= 11 is 5.99. The molecule has 0 bridgehead atoms. The zero-order valence-electron chi connectivity index (χ0n) is 20.5. The molecule has 190 valence electrons. The maximum atomic E-state index is 13.4. The Morgan fingerprint density at radius 3 is 2.03 bits per heavy atom. The number of carbonyl (C=O) groups excluding carboxylic acids is 3. The van der Waals surface area contributed by atoms with Gasteiger partial charge in [0.15, 0.2) is 0 Å². The van der Waals surface area contributed by atoms with E-state index in [4.69, 9.17) is 11.6 Å². The first-order valence-electron chi connectivity index (χ1n) is 12.5. The van der Waals surface area contributed by atoms with E-state index in [0.29, 0.717) is 42.2 Å². The normalized spacial score (nSPS) is 16.6. The van der Waals surface area contributed by atoms with E-state index in [1.165, 1.54) is 4.90 Å². The average Bonchev–Trinajstić information content (AvgIpc) is 3.18. The third-order valence-electron chi connectivity index (χ3n) is 7.06. The summed E-state index contributed by atoms with van der Waals surface area (Å²) in [6, 6.07) is 24.0. The largest absolute Gasteiger partial charge is 0.369 e. The molecule has 0 saturated carbocycles. The SMILES string of the molecule is O=C(NCc1ccc(Cl)cc1)C(CCN1C(=O)c2ccccc2C1=O)N1CCN(c2ccccc2)CC1. The van der Waals surface area contributed by atoms with Crippen molar-refractivity contribution in [3.63, 3.8) is 0 Å². The molecule has 0 aliphatic carbocycles. The van der Waals surface area contributed by atoms with E-state index in [0.717, 1.165) is 24.3 Å². The van der Waals surface area contributed by atoms with Crippen molar-refractivity contribution in [2.24, 2.45) is 0 Å². The predicted octanol–water partition coefficient (Wildman–Crippen LogP) is 3.83. The Hall–Kier alpha value is -3.68. The number of anilines is 1. The van der Waals surface area contributed by atoms with Crippen molar-refractivity contribution in [2.45, 2.75) is 19.0 Å². The van der Waals surface area contributed by atoms with Gasteiger partial charge in [-0.05, 0) is 48.4 Å². The number of amides is 3. The number of rotatable bonds is 8. The van der Waals surface area contributed by atoms with Crippen LogP contribution in [0.2, 0.25) is 5.02 Å². The van der Waals surface area contributed by atoms with Crippen LogP contribution in [0.15, 0.2) is 78.9 Å². The van der Waals surface area contributed by atoms with Crippen molar-refractivity contribution in [1.82, 2.24) is 15.1 Å². The van der Waals surface area contributed by atoms with E-state index in [9.17, 15) is 14.4 Å². The van der Waals surface area contributed by atoms with Crippen molar-refractivity contribution in [3.05, 3.63) is 101 Å². The monoisotopic (exact) mass is 516 g/mol. The molecule has 0 radical (unpaired) electrons. The summed E-state index contributed by atoms with van der Waals surface area (Å²) in [5.74, 6) is -0.704. The van der Waals surface area contributed by atoms with Gasteiger partial charge < -0.3 is 10.2 Å². The van der Waals surface area contributed by atoms with Gasteiger partial charge in [-0.3, -0.25) is 24.2 Å². The van der Waals surface area contributed by atoms with Crippen molar-refractivity contribution in [2.75, 3.05) is 37.6 Å². The van der Waals surface area contributed by atoms with E-state index < -0.39 is 6.04 Å². The van der Waals surface area contributed by atoms with Gasteiger partial charge in [0.1, 0.15) is 0 Å². The van der Waals surface area contributed by atoms with Gasteiger partial charge >= 0.3 is 0 Å². The molecule has 3 amide bonds. The number of fused-ring (bicyclic) bond motifs is 1. The van der Waals surface area contributed by atoms with Gasteiger partial charge in [0, 0.05) is 50.0 Å². The molecule has 5 rings (SSSR count). The average molecular weight is 517 g/mol. The zero-order chi connectivity index (χ0) is 25.8. The van der Waals surface area contributed by atoms with Crippen LogP contribution in [0.3, 0.4) is 0 Å². The molecule has 1 saturated heterocycles. The summed E-state index contributed by atoms with van der Waals surface area (Å²) in [7, 11) is 0. The maximum absolute atomic E-state index is 13.4. The summed E-state index contributed by atoms with van der Waals surface area (Å²) < 4.78 is 0. The van der Waals surface area contributed by atoms with E-state index >= 15 is 0 Å². The summed E-state index contributed by atoms with van der Waals surface area (Å²) in [5.41, 5.74) is 2.96. The highest BCUT2D eigenvalue weighted by Crippen LogP contribution is 2.24. The molecule has 37 heavy (non-hydrogen) atoms. The Kier molecular flexibility index (Phi) is 7.53. The van der Waals surface area contributed by atoms with Crippen LogP contribution in [0.1, 0.15) is 32.7 Å². The Bertz CT molecular complexity index is 1240. The van der Waals surface area contributed by atoms with Crippen LogP contribution in [0.25, 0.3) is 0 Å². The number of nitrogens with one attached hydrogen (secondary N) is 1. The number of para-hydroxylation sites is 1. The minimum Gasteiger partial charge on any atom is -0.369 e. The van der Waals surface area contributed by atoms with Crippen molar-refractivity contribution < 1.29 is 14.4 Å². The highest BCUT2D eigenvalue weighted by atomic mass is 35.5. The molecule has 0 spiro atoms. The molecule has 1 unspecified atom stereocenters. The third-order valence-corrected chi connectivity index (χ3v) is 7.32. The summed E-state index contributed by atoms with van der Waals surface area (Å²) in [6.45, 7) is 3.55. The topological polar surface area (TPSA) is 73.0 Å². The fourth-order valence-electron chi connectivity index (χ4n) is 5.01. The minimum absolute atomic E-state index is 0.111. The van der Waals surface area contributed by atoms with Crippen LogP contribution in [0.5, 0.6) is 0 Å². The molecule has 2 heterocycles. The van der Waals surface area contributed by atoms with Gasteiger partial charge in [-0.1, -0.05) is 54.1 Å². The summed E-state index contributed by atoms with van der Waals surface area (Å²) in [6.07, 6.45) is 0.364. The standard InChI is InChI=1S/C29H29ClN4O3/c30-22-12-10-21(11-13-22)20-31-27(35)26(33-18-16-32(17-19-33)23-6-2-1-3-7-23)14-15-34-28(36)24-8-4-5-9-25(24)29(34)37/h1-13,26H,14-20H2,(H,31,35). The number of hydrogen-bond donors (Lipinski definition) is 1. The molecule has 1 atom stereocenters. The second-order valence-corrected chi connectivity index (χ2v) is 9.75. The van der Waals surface area contributed by atoms with E-state index in [1.807, 2.05) is 30.3 Å². The van der Waals surface area contributed by atoms with E-state index in [2.05, 4.69) is 27.2 Å². The Morgan fingerprint density at radius 1 is 0.811 bits per heavy atom. The second-order valence-electron chi connectivity index (χ2n) is 9.31. The Morgan fingerprint density at radius 2 is 1.41 bits per heavy atom. The molecule has 2 aliphatic heterocycles. The van der Waals surface area contributed by atoms with Crippen LogP contribution in [0, 0.1) is 0 Å². The number of halogens is 1. The lowest BCUT2D eigenvalue weighted by Crippen LogP contribution is -2.55. The van der Waals surface area contributed by atoms with Crippen LogP contribution >= 0.6 is 11.6 Å². The smallest absolute Gasteiger partial charge is 0.261 e. The predicted molar refractivity (Wildman–Crippen MR) is 144 cm³/mol. The van der Waals surface area contributed by atoms with Gasteiger partial charge in [0.25, 0.3) is 11.8 Å².